The molecule has 19 heavy (non-hydrogen) atoms. The third-order valence-electron chi connectivity index (χ3n) is 2.23. The number of hydrogen-bond donors (Lipinski definition) is 0. The highest BCUT2D eigenvalue weighted by Gasteiger charge is 2.17. The lowest BCUT2D eigenvalue weighted by atomic mass is 10.2. The van der Waals surface area contributed by atoms with Gasteiger partial charge in [0.25, 0.3) is 0 Å². The van der Waals surface area contributed by atoms with Gasteiger partial charge < -0.3 is 14.2 Å². The van der Waals surface area contributed by atoms with Crippen molar-refractivity contribution in [2.24, 2.45) is 0 Å². The van der Waals surface area contributed by atoms with Gasteiger partial charge in [0.15, 0.2) is 6.10 Å². The molecule has 0 aromatic heterocycles. The van der Waals surface area contributed by atoms with Crippen molar-refractivity contribution in [1.82, 2.24) is 0 Å². The highest BCUT2D eigenvalue weighted by molar-refractivity contribution is 5.92. The largest absolute Gasteiger partial charge is 0.497 e. The molecule has 6 heteroatoms. The minimum atomic E-state index is -0.675. The van der Waals surface area contributed by atoms with Gasteiger partial charge in [-0.05, 0) is 25.1 Å². The van der Waals surface area contributed by atoms with Crippen LogP contribution in [-0.4, -0.2) is 33.9 Å². The molecule has 0 aliphatic heterocycles. The van der Waals surface area contributed by atoms with Crippen LogP contribution < -0.4 is 9.47 Å². The van der Waals surface area contributed by atoms with Crippen LogP contribution in [0.5, 0.6) is 11.5 Å². The van der Waals surface area contributed by atoms with Gasteiger partial charge >= 0.3 is 5.97 Å². The smallest absolute Gasteiger partial charge is 0.376 e. The number of methoxy groups -OCH3 is 3. The molecule has 105 valence electrons. The second kappa shape index (κ2) is 7.60. The van der Waals surface area contributed by atoms with Gasteiger partial charge in [-0.1, -0.05) is 0 Å². The molecule has 0 heterocycles. The normalized spacial score (nSPS) is 10.4. The van der Waals surface area contributed by atoms with Crippen LogP contribution >= 0.6 is 0 Å². The molecule has 0 fully saturated rings. The fourth-order valence-corrected chi connectivity index (χ4v) is 1.35. The maximum absolute atomic E-state index is 11.9. The van der Waals surface area contributed by atoms with Crippen LogP contribution in [0, 0.1) is 6.10 Å². The van der Waals surface area contributed by atoms with Crippen LogP contribution in [0.3, 0.4) is 0 Å². The van der Waals surface area contributed by atoms with Crippen LogP contribution in [0.15, 0.2) is 18.2 Å². The van der Waals surface area contributed by atoms with E-state index in [9.17, 15) is 4.79 Å². The second-order valence-corrected chi connectivity index (χ2v) is 3.66. The summed E-state index contributed by atoms with van der Waals surface area (Å²) in [5.41, 5.74) is 0.215. The van der Waals surface area contributed by atoms with E-state index in [0.29, 0.717) is 17.6 Å². The molecule has 0 saturated heterocycles. The second-order valence-electron chi connectivity index (χ2n) is 3.66. The van der Waals surface area contributed by atoms with Crippen molar-refractivity contribution in [1.29, 1.82) is 0 Å². The van der Waals surface area contributed by atoms with Crippen molar-refractivity contribution in [2.45, 2.75) is 6.92 Å². The quantitative estimate of drug-likeness (QED) is 0.557. The van der Waals surface area contributed by atoms with Gasteiger partial charge in [-0.3, -0.25) is 4.89 Å². The molecular formula is C13H17O6. The zero-order valence-electron chi connectivity index (χ0n) is 11.4. The third-order valence-corrected chi connectivity index (χ3v) is 2.23. The molecule has 0 bridgehead atoms. The number of carbonyl (C=O) groups excluding carboxylic acids is 1. The fraction of sp³-hybridized carbons (Fsp3) is 0.385. The summed E-state index contributed by atoms with van der Waals surface area (Å²) in [5.74, 6) is 0.218. The zero-order valence-corrected chi connectivity index (χ0v) is 11.4. The number of benzene rings is 1. The van der Waals surface area contributed by atoms with E-state index in [4.69, 9.17) is 24.0 Å². The first-order chi connectivity index (χ1) is 9.12. The Kier molecular flexibility index (Phi) is 6.11. The van der Waals surface area contributed by atoms with Crippen molar-refractivity contribution < 1.29 is 28.8 Å². The van der Waals surface area contributed by atoms with Crippen LogP contribution in [0.25, 0.3) is 0 Å². The Morgan fingerprint density at radius 2 is 1.84 bits per heavy atom. The molecule has 0 N–H and O–H groups in total. The standard InChI is InChI=1S/C13H17O6/c1-9(8-15-2)18-19-13(14)11-7-10(16-3)5-6-12(11)17-4/h5-7H,8H2,1-4H3. The summed E-state index contributed by atoms with van der Waals surface area (Å²) in [6, 6.07) is 4.80. The summed E-state index contributed by atoms with van der Waals surface area (Å²) in [6.07, 6.45) is 0.428. The number of ether oxygens (including phenoxy) is 3. The van der Waals surface area contributed by atoms with Crippen molar-refractivity contribution in [3.8, 4) is 11.5 Å². The summed E-state index contributed by atoms with van der Waals surface area (Å²) in [5, 5.41) is 0. The summed E-state index contributed by atoms with van der Waals surface area (Å²) in [4.78, 5) is 21.4. The SMILES string of the molecule is COC[C](C)OOC(=O)c1cc(OC)ccc1OC. The van der Waals surface area contributed by atoms with Gasteiger partial charge in [0.2, 0.25) is 0 Å². The predicted molar refractivity (Wildman–Crippen MR) is 66.8 cm³/mol. The molecule has 1 aromatic rings. The molecular weight excluding hydrogens is 252 g/mol. The molecule has 6 nitrogen and oxygen atoms in total. The Hall–Kier alpha value is -1.79. The molecule has 0 saturated carbocycles. The van der Waals surface area contributed by atoms with E-state index >= 15 is 0 Å². The number of carbonyl (C=O) groups is 1. The Morgan fingerprint density at radius 3 is 2.42 bits per heavy atom. The topological polar surface area (TPSA) is 63.2 Å². The first kappa shape index (κ1) is 15.3. The van der Waals surface area contributed by atoms with Crippen LogP contribution in [0.4, 0.5) is 0 Å². The van der Waals surface area contributed by atoms with Crippen LogP contribution in [-0.2, 0) is 14.5 Å². The Morgan fingerprint density at radius 1 is 1.11 bits per heavy atom. The molecule has 0 unspecified atom stereocenters. The van der Waals surface area contributed by atoms with E-state index < -0.39 is 5.97 Å². The Bertz CT molecular complexity index is 418. The molecule has 0 atom stereocenters. The average molecular weight is 269 g/mol. The Balaban J connectivity index is 2.74. The van der Waals surface area contributed by atoms with Crippen molar-refractivity contribution in [3.63, 3.8) is 0 Å². The van der Waals surface area contributed by atoms with Crippen molar-refractivity contribution in [3.05, 3.63) is 29.9 Å². The monoisotopic (exact) mass is 269 g/mol. The van der Waals surface area contributed by atoms with Gasteiger partial charge in [0.05, 0.1) is 20.8 Å². The highest BCUT2D eigenvalue weighted by atomic mass is 17.2. The summed E-state index contributed by atoms with van der Waals surface area (Å²) in [7, 11) is 4.48. The number of rotatable bonds is 7. The van der Waals surface area contributed by atoms with E-state index in [1.54, 1.807) is 19.1 Å². The fourth-order valence-electron chi connectivity index (χ4n) is 1.35. The summed E-state index contributed by atoms with van der Waals surface area (Å²) < 4.78 is 14.9. The Labute approximate surface area is 112 Å². The van der Waals surface area contributed by atoms with E-state index in [2.05, 4.69) is 0 Å². The molecule has 1 aromatic carbocycles. The minimum Gasteiger partial charge on any atom is -0.497 e. The van der Waals surface area contributed by atoms with Crippen molar-refractivity contribution in [2.75, 3.05) is 27.9 Å². The van der Waals surface area contributed by atoms with Crippen LogP contribution in [0.1, 0.15) is 17.3 Å². The van der Waals surface area contributed by atoms with E-state index in [1.807, 2.05) is 0 Å². The lowest BCUT2D eigenvalue weighted by molar-refractivity contribution is -0.237. The van der Waals surface area contributed by atoms with E-state index in [-0.39, 0.29) is 12.2 Å². The predicted octanol–water partition coefficient (Wildman–Crippen LogP) is 1.99. The summed E-state index contributed by atoms with van der Waals surface area (Å²) >= 11 is 0. The van der Waals surface area contributed by atoms with Gasteiger partial charge in [0, 0.05) is 7.11 Å². The molecule has 0 aliphatic rings. The third kappa shape index (κ3) is 4.42. The first-order valence-corrected chi connectivity index (χ1v) is 5.54. The molecule has 0 amide bonds. The highest BCUT2D eigenvalue weighted by Crippen LogP contribution is 2.25. The zero-order chi connectivity index (χ0) is 14.3. The van der Waals surface area contributed by atoms with Gasteiger partial charge in [-0.25, -0.2) is 4.79 Å². The van der Waals surface area contributed by atoms with E-state index in [1.165, 1.54) is 27.4 Å². The maximum Gasteiger partial charge on any atom is 0.376 e. The molecule has 0 spiro atoms. The number of hydrogen-bond acceptors (Lipinski definition) is 6. The lowest BCUT2D eigenvalue weighted by Crippen LogP contribution is -2.12. The molecule has 0 aliphatic carbocycles. The molecule has 1 rings (SSSR count). The van der Waals surface area contributed by atoms with Crippen molar-refractivity contribution >= 4 is 5.97 Å². The van der Waals surface area contributed by atoms with E-state index in [0.717, 1.165) is 0 Å². The lowest BCUT2D eigenvalue weighted by Gasteiger charge is -2.11. The van der Waals surface area contributed by atoms with Gasteiger partial charge in [0.1, 0.15) is 17.1 Å². The van der Waals surface area contributed by atoms with Gasteiger partial charge in [-0.15, -0.1) is 0 Å². The average Bonchev–Trinajstić information content (AvgIpc) is 2.44. The summed E-state index contributed by atoms with van der Waals surface area (Å²) in [6.45, 7) is 1.88. The maximum atomic E-state index is 11.9. The first-order valence-electron chi connectivity index (χ1n) is 5.54. The van der Waals surface area contributed by atoms with Gasteiger partial charge in [-0.2, -0.15) is 4.89 Å². The minimum absolute atomic E-state index is 0.215. The van der Waals surface area contributed by atoms with Crippen LogP contribution in [0.2, 0.25) is 0 Å². The molecule has 1 radical (unpaired) electrons.